The first-order valence-electron chi connectivity index (χ1n) is 4.70. The summed E-state index contributed by atoms with van der Waals surface area (Å²) >= 11 is 0. The van der Waals surface area contributed by atoms with Gasteiger partial charge in [-0.1, -0.05) is 20.4 Å². The average Bonchev–Trinajstić information content (AvgIpc) is 2.21. The smallest absolute Gasteiger partial charge is 0.257 e. The summed E-state index contributed by atoms with van der Waals surface area (Å²) in [7, 11) is -2.80. The third kappa shape index (κ3) is 7.10. The van der Waals surface area contributed by atoms with Crippen molar-refractivity contribution in [2.45, 2.75) is 20.3 Å². The van der Waals surface area contributed by atoms with Gasteiger partial charge in [0.05, 0.1) is 6.61 Å². The highest BCUT2D eigenvalue weighted by Crippen LogP contribution is 1.98. The molecule has 0 fully saturated rings. The molecule has 88 valence electrons. The normalized spacial score (nSPS) is 12.5. The van der Waals surface area contributed by atoms with Crippen LogP contribution >= 0.6 is 0 Å². The van der Waals surface area contributed by atoms with Gasteiger partial charge in [0.1, 0.15) is 0 Å². The molecule has 1 amide bonds. The first kappa shape index (κ1) is 14.1. The quantitative estimate of drug-likeness (QED) is 0.490. The van der Waals surface area contributed by atoms with E-state index in [2.05, 4.69) is 16.1 Å². The Morgan fingerprint density at radius 3 is 2.60 bits per heavy atom. The lowest BCUT2D eigenvalue weighted by atomic mass is 10.2. The van der Waals surface area contributed by atoms with E-state index in [1.165, 1.54) is 0 Å². The summed E-state index contributed by atoms with van der Waals surface area (Å²) in [6, 6.07) is 0. The first-order valence-corrected chi connectivity index (χ1v) is 5.80. The summed E-state index contributed by atoms with van der Waals surface area (Å²) < 4.78 is 24.6. The Labute approximate surface area is 91.7 Å². The zero-order chi connectivity index (χ0) is 11.8. The fourth-order valence-electron chi connectivity index (χ4n) is 0.800. The van der Waals surface area contributed by atoms with Gasteiger partial charge in [-0.25, -0.2) is 8.42 Å². The highest BCUT2D eigenvalue weighted by molar-refractivity contribution is 7.67. The van der Waals surface area contributed by atoms with Crippen molar-refractivity contribution in [2.24, 2.45) is 5.92 Å². The van der Waals surface area contributed by atoms with Crippen LogP contribution in [0, 0.1) is 5.92 Å². The molecule has 1 atom stereocenters. The summed E-state index contributed by atoms with van der Waals surface area (Å²) in [5.74, 6) is -0.248. The molecule has 6 heteroatoms. The van der Waals surface area contributed by atoms with E-state index in [0.717, 1.165) is 0 Å². The van der Waals surface area contributed by atoms with Gasteiger partial charge in [-0.2, -0.15) is 0 Å². The molecule has 1 unspecified atom stereocenters. The maximum absolute atomic E-state index is 11.2. The minimum Gasteiger partial charge on any atom is -0.352 e. The monoisotopic (exact) mass is 235 g/mol. The summed E-state index contributed by atoms with van der Waals surface area (Å²) in [5.41, 5.74) is 0.512. The maximum atomic E-state index is 11.2. The number of carbonyl (C=O) groups excluding carboxylic acids is 1. The standard InChI is InChI=1S/C9H17NO4S/c1-4-8(3)9(11)10-5-7(2)6-14-15(12)13/h7,15H,3-6H2,1-2H3,(H,10,11). The average molecular weight is 235 g/mol. The number of hydrogen-bond donors (Lipinski definition) is 2. The third-order valence-corrected chi connectivity index (χ3v) is 2.18. The lowest BCUT2D eigenvalue weighted by Crippen LogP contribution is -2.30. The lowest BCUT2D eigenvalue weighted by molar-refractivity contribution is -0.117. The van der Waals surface area contributed by atoms with Crippen molar-refractivity contribution in [1.82, 2.24) is 5.32 Å². The minimum atomic E-state index is -2.80. The molecule has 0 spiro atoms. The molecule has 0 aliphatic rings. The van der Waals surface area contributed by atoms with Crippen LogP contribution in [0.15, 0.2) is 12.2 Å². The third-order valence-electron chi connectivity index (χ3n) is 1.82. The molecular weight excluding hydrogens is 218 g/mol. The molecule has 0 aromatic rings. The fraction of sp³-hybridized carbons (Fsp3) is 0.667. The van der Waals surface area contributed by atoms with Crippen LogP contribution in [0.25, 0.3) is 0 Å². The van der Waals surface area contributed by atoms with Gasteiger partial charge >= 0.3 is 0 Å². The van der Waals surface area contributed by atoms with E-state index in [-0.39, 0.29) is 18.4 Å². The van der Waals surface area contributed by atoms with Crippen LogP contribution in [0.1, 0.15) is 20.3 Å². The molecule has 0 aromatic heterocycles. The maximum Gasteiger partial charge on any atom is 0.257 e. The van der Waals surface area contributed by atoms with Crippen LogP contribution in [-0.4, -0.2) is 27.5 Å². The Bertz CT molecular complexity index is 290. The number of hydrogen-bond acceptors (Lipinski definition) is 4. The predicted molar refractivity (Wildman–Crippen MR) is 57.9 cm³/mol. The molecule has 0 saturated carbocycles. The number of carbonyl (C=O) groups is 1. The molecule has 0 heterocycles. The molecule has 0 radical (unpaired) electrons. The molecule has 15 heavy (non-hydrogen) atoms. The largest absolute Gasteiger partial charge is 0.352 e. The van der Waals surface area contributed by atoms with E-state index < -0.39 is 11.0 Å². The number of amides is 1. The van der Waals surface area contributed by atoms with Gasteiger partial charge in [-0.05, 0) is 12.3 Å². The Balaban J connectivity index is 3.75. The first-order chi connectivity index (χ1) is 6.97. The van der Waals surface area contributed by atoms with Gasteiger partial charge in [-0.3, -0.25) is 8.98 Å². The minimum absolute atomic E-state index is 0.0495. The molecule has 0 aliphatic carbocycles. The van der Waals surface area contributed by atoms with Crippen molar-refractivity contribution < 1.29 is 17.4 Å². The predicted octanol–water partition coefficient (Wildman–Crippen LogP) is 0.248. The number of thiol groups is 1. The van der Waals surface area contributed by atoms with E-state index in [4.69, 9.17) is 0 Å². The van der Waals surface area contributed by atoms with Gasteiger partial charge in [0.2, 0.25) is 5.91 Å². The van der Waals surface area contributed by atoms with Crippen molar-refractivity contribution in [2.75, 3.05) is 13.2 Å². The fourth-order valence-corrected chi connectivity index (χ4v) is 1.18. The SMILES string of the molecule is C=C(CC)C(=O)NCC(C)CO[SH](=O)=O. The van der Waals surface area contributed by atoms with E-state index in [1.807, 2.05) is 6.92 Å². The molecule has 1 N–H and O–H groups in total. The van der Waals surface area contributed by atoms with Crippen molar-refractivity contribution in [1.29, 1.82) is 0 Å². The molecular formula is C9H17NO4S. The van der Waals surface area contributed by atoms with Crippen molar-refractivity contribution in [3.8, 4) is 0 Å². The van der Waals surface area contributed by atoms with Gasteiger partial charge in [0.25, 0.3) is 11.0 Å². The zero-order valence-corrected chi connectivity index (χ0v) is 9.88. The number of rotatable bonds is 7. The Morgan fingerprint density at radius 1 is 1.53 bits per heavy atom. The van der Waals surface area contributed by atoms with E-state index in [0.29, 0.717) is 18.5 Å². The van der Waals surface area contributed by atoms with E-state index >= 15 is 0 Å². The van der Waals surface area contributed by atoms with E-state index in [1.54, 1.807) is 6.92 Å². The lowest BCUT2D eigenvalue weighted by Gasteiger charge is -2.11. The summed E-state index contributed by atoms with van der Waals surface area (Å²) in [5, 5.41) is 2.64. The highest BCUT2D eigenvalue weighted by Gasteiger charge is 2.07. The van der Waals surface area contributed by atoms with Crippen molar-refractivity contribution in [3.05, 3.63) is 12.2 Å². The summed E-state index contributed by atoms with van der Waals surface area (Å²) in [4.78, 5) is 11.2. The second-order valence-electron chi connectivity index (χ2n) is 3.29. The van der Waals surface area contributed by atoms with Crippen molar-refractivity contribution >= 4 is 16.9 Å². The molecule has 0 rings (SSSR count). The second-order valence-corrected chi connectivity index (χ2v) is 4.00. The van der Waals surface area contributed by atoms with Gasteiger partial charge in [-0.15, -0.1) is 0 Å². The van der Waals surface area contributed by atoms with Crippen LogP contribution in [-0.2, 0) is 20.0 Å². The molecule has 0 aliphatic heterocycles. The zero-order valence-electron chi connectivity index (χ0n) is 8.99. The van der Waals surface area contributed by atoms with Gasteiger partial charge < -0.3 is 5.32 Å². The molecule has 5 nitrogen and oxygen atoms in total. The molecule has 0 aromatic carbocycles. The summed E-state index contributed by atoms with van der Waals surface area (Å²) in [6.45, 7) is 7.67. The number of nitrogens with one attached hydrogen (secondary N) is 1. The van der Waals surface area contributed by atoms with Crippen LogP contribution in [0.2, 0.25) is 0 Å². The Morgan fingerprint density at radius 2 is 2.13 bits per heavy atom. The van der Waals surface area contributed by atoms with Crippen LogP contribution in [0.5, 0.6) is 0 Å². The van der Waals surface area contributed by atoms with Crippen molar-refractivity contribution in [3.63, 3.8) is 0 Å². The highest BCUT2D eigenvalue weighted by atomic mass is 32.2. The van der Waals surface area contributed by atoms with Gasteiger partial charge in [0.15, 0.2) is 0 Å². The summed E-state index contributed by atoms with van der Waals surface area (Å²) in [6.07, 6.45) is 0.600. The topological polar surface area (TPSA) is 72.5 Å². The van der Waals surface area contributed by atoms with Crippen LogP contribution < -0.4 is 5.32 Å². The molecule has 0 saturated heterocycles. The second kappa shape index (κ2) is 7.42. The Hall–Kier alpha value is -0.880. The van der Waals surface area contributed by atoms with E-state index in [9.17, 15) is 13.2 Å². The Kier molecular flexibility index (Phi) is 6.98. The van der Waals surface area contributed by atoms with Crippen LogP contribution in [0.3, 0.4) is 0 Å². The molecule has 0 bridgehead atoms. The van der Waals surface area contributed by atoms with Gasteiger partial charge in [0, 0.05) is 12.1 Å². The van der Waals surface area contributed by atoms with Crippen LogP contribution in [0.4, 0.5) is 0 Å².